The van der Waals surface area contributed by atoms with E-state index in [-0.39, 0.29) is 15.4 Å². The number of carbonyl (C=O) groups is 1. The molecule has 11 heteroatoms. The van der Waals surface area contributed by atoms with Crippen LogP contribution in [-0.2, 0) is 26.5 Å². The van der Waals surface area contributed by atoms with E-state index in [0.29, 0.717) is 43.1 Å². The molecule has 0 atom stereocenters. The van der Waals surface area contributed by atoms with Gasteiger partial charge in [0.1, 0.15) is 5.84 Å². The molecule has 198 valence electrons. The fourth-order valence-electron chi connectivity index (χ4n) is 4.57. The van der Waals surface area contributed by atoms with E-state index in [4.69, 9.17) is 0 Å². The SMILES string of the molecule is O=C(Nc1ccc(S(=O)(=O)NC2=NCCCCC2)cc1)c1cccc(S(=O)(=O)N2CCc3ccccc32)c1. The van der Waals surface area contributed by atoms with Gasteiger partial charge in [-0.25, -0.2) is 16.8 Å². The average Bonchev–Trinajstić information content (AvgIpc) is 3.20. The molecule has 0 spiro atoms. The van der Waals surface area contributed by atoms with Crippen LogP contribution in [0, 0.1) is 0 Å². The van der Waals surface area contributed by atoms with Gasteiger partial charge in [0.25, 0.3) is 26.0 Å². The number of para-hydroxylation sites is 1. The Balaban J connectivity index is 1.29. The number of amides is 1. The van der Waals surface area contributed by atoms with Gasteiger partial charge in [-0.05, 0) is 73.4 Å². The number of anilines is 2. The number of rotatable bonds is 6. The van der Waals surface area contributed by atoms with E-state index in [0.717, 1.165) is 24.8 Å². The Morgan fingerprint density at radius 1 is 0.816 bits per heavy atom. The van der Waals surface area contributed by atoms with Crippen molar-refractivity contribution in [1.82, 2.24) is 4.72 Å². The summed E-state index contributed by atoms with van der Waals surface area (Å²) >= 11 is 0. The summed E-state index contributed by atoms with van der Waals surface area (Å²) in [4.78, 5) is 17.3. The maximum absolute atomic E-state index is 13.3. The normalized spacial score (nSPS) is 15.8. The number of amidine groups is 1. The highest BCUT2D eigenvalue weighted by Crippen LogP contribution is 2.32. The highest BCUT2D eigenvalue weighted by Gasteiger charge is 2.31. The zero-order chi connectivity index (χ0) is 26.8. The number of carbonyl (C=O) groups excluding carboxylic acids is 1. The Labute approximate surface area is 222 Å². The number of hydrogen-bond acceptors (Lipinski definition) is 6. The summed E-state index contributed by atoms with van der Waals surface area (Å²) in [5.74, 6) is -0.0439. The molecular weight excluding hydrogens is 524 g/mol. The Morgan fingerprint density at radius 2 is 1.61 bits per heavy atom. The molecule has 3 aromatic rings. The van der Waals surface area contributed by atoms with Gasteiger partial charge in [-0.15, -0.1) is 0 Å². The number of nitrogens with zero attached hydrogens (tertiary/aromatic N) is 2. The van der Waals surface area contributed by atoms with Crippen molar-refractivity contribution in [2.75, 3.05) is 22.7 Å². The average molecular weight is 553 g/mol. The molecule has 2 heterocycles. The van der Waals surface area contributed by atoms with Crippen molar-refractivity contribution in [2.24, 2.45) is 4.99 Å². The van der Waals surface area contributed by atoms with E-state index in [1.54, 1.807) is 12.1 Å². The zero-order valence-corrected chi connectivity index (χ0v) is 22.3. The van der Waals surface area contributed by atoms with Crippen LogP contribution in [0.4, 0.5) is 11.4 Å². The number of nitrogens with one attached hydrogen (secondary N) is 2. The lowest BCUT2D eigenvalue weighted by Gasteiger charge is -2.20. The molecule has 38 heavy (non-hydrogen) atoms. The van der Waals surface area contributed by atoms with E-state index in [1.807, 2.05) is 12.1 Å². The standard InChI is InChI=1S/C27H28N4O5S2/c32-27(29-22-12-14-23(15-13-22)37(33,34)30-26-11-2-1-5-17-28-26)21-8-6-9-24(19-21)38(35,36)31-18-16-20-7-3-4-10-25(20)31/h3-4,6-10,12-15,19H,1-2,5,11,16-18H2,(H,28,30)(H,29,32). The summed E-state index contributed by atoms with van der Waals surface area (Å²) in [6.45, 7) is 0.951. The van der Waals surface area contributed by atoms with Gasteiger partial charge in [0, 0.05) is 30.8 Å². The Kier molecular flexibility index (Phi) is 7.22. The molecule has 2 aliphatic rings. The molecule has 1 amide bonds. The summed E-state index contributed by atoms with van der Waals surface area (Å²) in [6, 6.07) is 19.0. The molecule has 9 nitrogen and oxygen atoms in total. The van der Waals surface area contributed by atoms with Crippen LogP contribution in [0.3, 0.4) is 0 Å². The molecular formula is C27H28N4O5S2. The first-order valence-corrected chi connectivity index (χ1v) is 15.3. The largest absolute Gasteiger partial charge is 0.322 e. The van der Waals surface area contributed by atoms with Gasteiger partial charge in [0.15, 0.2) is 0 Å². The fraction of sp³-hybridized carbons (Fsp3) is 0.259. The van der Waals surface area contributed by atoms with Crippen LogP contribution >= 0.6 is 0 Å². The van der Waals surface area contributed by atoms with Crippen molar-refractivity contribution >= 4 is 43.2 Å². The van der Waals surface area contributed by atoms with Gasteiger partial charge >= 0.3 is 0 Å². The van der Waals surface area contributed by atoms with Gasteiger partial charge in [-0.3, -0.25) is 18.8 Å². The van der Waals surface area contributed by atoms with Gasteiger partial charge in [0.2, 0.25) is 0 Å². The predicted molar refractivity (Wildman–Crippen MR) is 147 cm³/mol. The topological polar surface area (TPSA) is 125 Å². The minimum absolute atomic E-state index is 0.0239. The third-order valence-corrected chi connectivity index (χ3v) is 9.78. The Bertz CT molecular complexity index is 1600. The van der Waals surface area contributed by atoms with E-state index in [1.165, 1.54) is 52.8 Å². The summed E-state index contributed by atoms with van der Waals surface area (Å²) < 4.78 is 56.1. The third-order valence-electron chi connectivity index (χ3n) is 6.58. The van der Waals surface area contributed by atoms with Crippen molar-refractivity contribution in [1.29, 1.82) is 0 Å². The second kappa shape index (κ2) is 10.6. The predicted octanol–water partition coefficient (Wildman–Crippen LogP) is 3.94. The molecule has 0 aromatic heterocycles. The second-order valence-electron chi connectivity index (χ2n) is 9.21. The van der Waals surface area contributed by atoms with E-state index >= 15 is 0 Å². The maximum atomic E-state index is 13.3. The fourth-order valence-corrected chi connectivity index (χ4v) is 7.21. The second-order valence-corrected chi connectivity index (χ2v) is 12.8. The summed E-state index contributed by atoms with van der Waals surface area (Å²) in [5, 5.41) is 2.70. The summed E-state index contributed by atoms with van der Waals surface area (Å²) in [7, 11) is -7.64. The van der Waals surface area contributed by atoms with E-state index in [9.17, 15) is 21.6 Å². The molecule has 0 saturated heterocycles. The number of aliphatic imine (C=N–C) groups is 1. The highest BCUT2D eigenvalue weighted by atomic mass is 32.2. The van der Waals surface area contributed by atoms with Crippen LogP contribution in [0.1, 0.15) is 41.6 Å². The molecule has 2 N–H and O–H groups in total. The number of sulfonamides is 2. The van der Waals surface area contributed by atoms with Crippen LogP contribution in [0.5, 0.6) is 0 Å². The van der Waals surface area contributed by atoms with Crippen LogP contribution in [-0.4, -0.2) is 41.7 Å². The molecule has 0 fully saturated rings. The first-order chi connectivity index (χ1) is 18.2. The molecule has 0 unspecified atom stereocenters. The zero-order valence-electron chi connectivity index (χ0n) is 20.6. The molecule has 2 aliphatic heterocycles. The lowest BCUT2D eigenvalue weighted by Crippen LogP contribution is -2.30. The minimum atomic E-state index is -3.85. The van der Waals surface area contributed by atoms with Crippen LogP contribution in [0.25, 0.3) is 0 Å². The first-order valence-electron chi connectivity index (χ1n) is 12.4. The smallest absolute Gasteiger partial charge is 0.264 e. The van der Waals surface area contributed by atoms with Gasteiger partial charge in [0.05, 0.1) is 15.5 Å². The molecule has 0 bridgehead atoms. The monoisotopic (exact) mass is 552 g/mol. The molecule has 3 aromatic carbocycles. The van der Waals surface area contributed by atoms with E-state index < -0.39 is 26.0 Å². The van der Waals surface area contributed by atoms with Crippen LogP contribution in [0.15, 0.2) is 87.6 Å². The minimum Gasteiger partial charge on any atom is -0.322 e. The van der Waals surface area contributed by atoms with Crippen molar-refractivity contribution < 1.29 is 21.6 Å². The maximum Gasteiger partial charge on any atom is 0.264 e. The number of hydrogen-bond donors (Lipinski definition) is 2. The first kappa shape index (κ1) is 25.9. The van der Waals surface area contributed by atoms with E-state index in [2.05, 4.69) is 15.0 Å². The van der Waals surface area contributed by atoms with Crippen molar-refractivity contribution in [3.8, 4) is 0 Å². The summed E-state index contributed by atoms with van der Waals surface area (Å²) in [5.41, 5.74) is 2.16. The number of benzene rings is 3. The van der Waals surface area contributed by atoms with Gasteiger partial charge in [-0.2, -0.15) is 0 Å². The quantitative estimate of drug-likeness (QED) is 0.479. The van der Waals surface area contributed by atoms with Crippen molar-refractivity contribution in [2.45, 2.75) is 41.9 Å². The number of fused-ring (bicyclic) bond motifs is 1. The molecule has 0 radical (unpaired) electrons. The highest BCUT2D eigenvalue weighted by molar-refractivity contribution is 7.92. The lowest BCUT2D eigenvalue weighted by molar-refractivity contribution is 0.102. The molecule has 5 rings (SSSR count). The Hall–Kier alpha value is -3.70. The summed E-state index contributed by atoms with van der Waals surface area (Å²) in [6.07, 6.45) is 4.07. The third kappa shape index (κ3) is 5.44. The lowest BCUT2D eigenvalue weighted by atomic mass is 10.2. The molecule has 0 aliphatic carbocycles. The Morgan fingerprint density at radius 3 is 2.42 bits per heavy atom. The van der Waals surface area contributed by atoms with Crippen molar-refractivity contribution in [3.63, 3.8) is 0 Å². The van der Waals surface area contributed by atoms with Crippen LogP contribution in [0.2, 0.25) is 0 Å². The van der Waals surface area contributed by atoms with Crippen molar-refractivity contribution in [3.05, 3.63) is 83.9 Å². The molecule has 0 saturated carbocycles. The van der Waals surface area contributed by atoms with Gasteiger partial charge in [-0.1, -0.05) is 30.7 Å². The van der Waals surface area contributed by atoms with Gasteiger partial charge < -0.3 is 5.32 Å². The van der Waals surface area contributed by atoms with Crippen LogP contribution < -0.4 is 14.3 Å².